The Morgan fingerprint density at radius 3 is 2.38 bits per heavy atom. The number of carbonyl (C=O) groups is 2. The third kappa shape index (κ3) is 3.38. The molecule has 0 bridgehead atoms. The van der Waals surface area contributed by atoms with E-state index < -0.39 is 5.54 Å². The number of carbonyl (C=O) groups excluding carboxylic acids is 2. The number of thiophene rings is 1. The van der Waals surface area contributed by atoms with Gasteiger partial charge in [0.05, 0.1) is 11.0 Å². The summed E-state index contributed by atoms with van der Waals surface area (Å²) in [4.78, 5) is 29.8. The highest BCUT2D eigenvalue weighted by Crippen LogP contribution is 2.50. The second-order valence-corrected chi connectivity index (χ2v) is 8.35. The second-order valence-electron chi connectivity index (χ2n) is 7.40. The van der Waals surface area contributed by atoms with Crippen molar-refractivity contribution in [2.45, 2.75) is 38.8 Å². The van der Waals surface area contributed by atoms with Crippen molar-refractivity contribution in [1.82, 2.24) is 9.80 Å². The summed E-state index contributed by atoms with van der Waals surface area (Å²) in [5.41, 5.74) is 5.23. The summed E-state index contributed by atoms with van der Waals surface area (Å²) in [6.07, 6.45) is 0.578. The lowest BCUT2D eigenvalue weighted by molar-refractivity contribution is -0.180. The Kier molecular flexibility index (Phi) is 6.38. The van der Waals surface area contributed by atoms with Crippen LogP contribution in [-0.2, 0) is 9.53 Å². The van der Waals surface area contributed by atoms with E-state index >= 15 is 0 Å². The van der Waals surface area contributed by atoms with Crippen molar-refractivity contribution in [1.29, 1.82) is 0 Å². The van der Waals surface area contributed by atoms with Crippen LogP contribution in [0, 0.1) is 5.41 Å². The summed E-state index contributed by atoms with van der Waals surface area (Å²) in [6, 6.07) is 3.72. The maximum Gasteiger partial charge on any atom is 0.264 e. The van der Waals surface area contributed by atoms with Gasteiger partial charge >= 0.3 is 0 Å². The van der Waals surface area contributed by atoms with Gasteiger partial charge in [-0.3, -0.25) is 9.59 Å². The van der Waals surface area contributed by atoms with E-state index in [0.29, 0.717) is 39.2 Å². The van der Waals surface area contributed by atoms with Crippen LogP contribution in [0.3, 0.4) is 0 Å². The van der Waals surface area contributed by atoms with Crippen LogP contribution < -0.4 is 5.73 Å². The Balaban J connectivity index is 0.00000243. The molecule has 2 N–H and O–H groups in total. The first-order valence-corrected chi connectivity index (χ1v) is 9.72. The number of hydrogen-bond acceptors (Lipinski definition) is 5. The lowest BCUT2D eigenvalue weighted by Gasteiger charge is -2.59. The number of amides is 2. The van der Waals surface area contributed by atoms with Gasteiger partial charge in [-0.1, -0.05) is 19.9 Å². The number of ether oxygens (including phenoxy) is 1. The first-order valence-electron chi connectivity index (χ1n) is 8.84. The van der Waals surface area contributed by atoms with Gasteiger partial charge in [0.2, 0.25) is 5.91 Å². The molecule has 146 valence electrons. The van der Waals surface area contributed by atoms with Gasteiger partial charge in [-0.2, -0.15) is 0 Å². The van der Waals surface area contributed by atoms with Crippen molar-refractivity contribution < 1.29 is 14.3 Å². The maximum absolute atomic E-state index is 13.0. The highest BCUT2D eigenvalue weighted by atomic mass is 35.5. The van der Waals surface area contributed by atoms with Crippen molar-refractivity contribution >= 4 is 35.6 Å². The predicted octanol–water partition coefficient (Wildman–Crippen LogP) is 1.99. The molecule has 2 atom stereocenters. The monoisotopic (exact) mass is 401 g/mol. The first kappa shape index (κ1) is 21.2. The average molecular weight is 402 g/mol. The summed E-state index contributed by atoms with van der Waals surface area (Å²) < 4.78 is 5.71. The number of nitrogens with two attached hydrogens (primary N) is 1. The largest absolute Gasteiger partial charge is 0.378 e. The van der Waals surface area contributed by atoms with Crippen molar-refractivity contribution in [3.05, 3.63) is 22.4 Å². The van der Waals surface area contributed by atoms with Crippen molar-refractivity contribution in [2.24, 2.45) is 11.1 Å². The molecule has 0 aromatic carbocycles. The zero-order valence-electron chi connectivity index (χ0n) is 15.6. The molecule has 1 saturated carbocycles. The zero-order valence-corrected chi connectivity index (χ0v) is 17.2. The van der Waals surface area contributed by atoms with E-state index in [1.165, 1.54) is 11.3 Å². The van der Waals surface area contributed by atoms with E-state index in [9.17, 15) is 9.59 Å². The molecule has 1 aromatic rings. The van der Waals surface area contributed by atoms with Crippen LogP contribution in [0.15, 0.2) is 17.5 Å². The fourth-order valence-corrected chi connectivity index (χ4v) is 4.44. The Morgan fingerprint density at radius 2 is 1.88 bits per heavy atom. The van der Waals surface area contributed by atoms with Gasteiger partial charge < -0.3 is 20.3 Å². The van der Waals surface area contributed by atoms with E-state index in [1.54, 1.807) is 0 Å². The molecule has 2 heterocycles. The van der Waals surface area contributed by atoms with Gasteiger partial charge in [0, 0.05) is 44.6 Å². The molecule has 1 aromatic heterocycles. The SMILES string of the molecule is CCOC1CC(N)(C(=O)N2CCN(C(=O)c3cccs3)CC2)C1(C)C.Cl. The molecule has 2 fully saturated rings. The van der Waals surface area contributed by atoms with E-state index in [2.05, 4.69) is 0 Å². The normalized spacial score (nSPS) is 27.5. The lowest BCUT2D eigenvalue weighted by atomic mass is 9.54. The molecule has 0 radical (unpaired) electrons. The van der Waals surface area contributed by atoms with E-state index in [-0.39, 0.29) is 35.7 Å². The van der Waals surface area contributed by atoms with E-state index in [1.807, 2.05) is 48.1 Å². The van der Waals surface area contributed by atoms with Gasteiger partial charge in [0.15, 0.2) is 0 Å². The maximum atomic E-state index is 13.0. The molecule has 26 heavy (non-hydrogen) atoms. The fourth-order valence-electron chi connectivity index (χ4n) is 3.75. The Labute approximate surface area is 165 Å². The molecule has 8 heteroatoms. The quantitative estimate of drug-likeness (QED) is 0.837. The highest BCUT2D eigenvalue weighted by molar-refractivity contribution is 7.12. The van der Waals surface area contributed by atoms with Gasteiger partial charge in [-0.15, -0.1) is 23.7 Å². The van der Waals surface area contributed by atoms with Crippen LogP contribution in [-0.4, -0.2) is 66.0 Å². The molecular formula is C18H28ClN3O3S. The van der Waals surface area contributed by atoms with Gasteiger partial charge in [0.1, 0.15) is 5.54 Å². The van der Waals surface area contributed by atoms with Crippen LogP contribution in [0.25, 0.3) is 0 Å². The molecule has 1 saturated heterocycles. The minimum absolute atomic E-state index is 0. The molecule has 3 rings (SSSR count). The Morgan fingerprint density at radius 1 is 1.27 bits per heavy atom. The standard InChI is InChI=1S/C18H27N3O3S.ClH/c1-4-24-14-12-18(19,17(14,2)3)16(23)21-9-7-20(8-10-21)15(22)13-6-5-11-25-13;/h5-6,11,14H,4,7-10,12,19H2,1-3H3;1H. The van der Waals surface area contributed by atoms with Gasteiger partial charge in [0.25, 0.3) is 5.91 Å². The van der Waals surface area contributed by atoms with Crippen molar-refractivity contribution in [2.75, 3.05) is 32.8 Å². The van der Waals surface area contributed by atoms with Crippen LogP contribution in [0.1, 0.15) is 36.9 Å². The lowest BCUT2D eigenvalue weighted by Crippen LogP contribution is -2.76. The van der Waals surface area contributed by atoms with E-state index in [4.69, 9.17) is 10.5 Å². The smallest absolute Gasteiger partial charge is 0.264 e. The number of hydrogen-bond donors (Lipinski definition) is 1. The minimum atomic E-state index is -0.882. The zero-order chi connectivity index (χ0) is 18.2. The summed E-state index contributed by atoms with van der Waals surface area (Å²) in [7, 11) is 0. The number of piperazine rings is 1. The predicted molar refractivity (Wildman–Crippen MR) is 105 cm³/mol. The van der Waals surface area contributed by atoms with Gasteiger partial charge in [-0.25, -0.2) is 0 Å². The second kappa shape index (κ2) is 7.84. The van der Waals surface area contributed by atoms with Crippen LogP contribution >= 0.6 is 23.7 Å². The minimum Gasteiger partial charge on any atom is -0.378 e. The third-order valence-corrected chi connectivity index (χ3v) is 6.66. The molecule has 2 amide bonds. The van der Waals surface area contributed by atoms with Crippen LogP contribution in [0.2, 0.25) is 0 Å². The molecule has 6 nitrogen and oxygen atoms in total. The van der Waals surface area contributed by atoms with Crippen LogP contribution in [0.4, 0.5) is 0 Å². The van der Waals surface area contributed by atoms with Crippen LogP contribution in [0.5, 0.6) is 0 Å². The number of halogens is 1. The third-order valence-electron chi connectivity index (χ3n) is 5.80. The highest BCUT2D eigenvalue weighted by Gasteiger charge is 2.63. The fraction of sp³-hybridized carbons (Fsp3) is 0.667. The summed E-state index contributed by atoms with van der Waals surface area (Å²) in [6.45, 7) is 8.76. The number of nitrogens with zero attached hydrogens (tertiary/aromatic N) is 2. The van der Waals surface area contributed by atoms with E-state index in [0.717, 1.165) is 4.88 Å². The molecule has 2 unspecified atom stereocenters. The topological polar surface area (TPSA) is 75.9 Å². The molecule has 2 aliphatic rings. The van der Waals surface area contributed by atoms with Gasteiger partial charge in [-0.05, 0) is 18.4 Å². The first-order chi connectivity index (χ1) is 11.8. The summed E-state index contributed by atoms with van der Waals surface area (Å²) in [5.74, 6) is 0.0293. The molecule has 1 aliphatic carbocycles. The summed E-state index contributed by atoms with van der Waals surface area (Å²) >= 11 is 1.45. The average Bonchev–Trinajstić information content (AvgIpc) is 3.15. The molecule has 1 aliphatic heterocycles. The van der Waals surface area contributed by atoms with Crippen molar-refractivity contribution in [3.8, 4) is 0 Å². The molecular weight excluding hydrogens is 374 g/mol. The number of rotatable bonds is 4. The summed E-state index contributed by atoms with van der Waals surface area (Å²) in [5, 5.41) is 1.90. The Bertz CT molecular complexity index is 644. The molecule has 0 spiro atoms. The van der Waals surface area contributed by atoms with Crippen molar-refractivity contribution in [3.63, 3.8) is 0 Å². The Hall–Kier alpha value is -1.15.